The summed E-state index contributed by atoms with van der Waals surface area (Å²) in [5, 5.41) is 7.70. The second-order valence-electron chi connectivity index (χ2n) is 5.71. The first-order valence-corrected chi connectivity index (χ1v) is 9.62. The van der Waals surface area contributed by atoms with Gasteiger partial charge in [-0.2, -0.15) is 0 Å². The van der Waals surface area contributed by atoms with Crippen molar-refractivity contribution in [1.29, 1.82) is 0 Å². The molecule has 1 heterocycles. The third-order valence-corrected chi connectivity index (χ3v) is 4.88. The molecular weight excluding hydrogens is 396 g/mol. The van der Waals surface area contributed by atoms with E-state index >= 15 is 0 Å². The fourth-order valence-electron chi connectivity index (χ4n) is 2.38. The summed E-state index contributed by atoms with van der Waals surface area (Å²) in [5.41, 5.74) is 1.32. The zero-order chi connectivity index (χ0) is 19.9. The number of rotatable bonds is 7. The second kappa shape index (κ2) is 9.21. The van der Waals surface area contributed by atoms with Gasteiger partial charge in [0.2, 0.25) is 0 Å². The Bertz CT molecular complexity index is 1000. The molecule has 3 aromatic rings. The van der Waals surface area contributed by atoms with E-state index in [1.165, 1.54) is 11.3 Å². The van der Waals surface area contributed by atoms with E-state index < -0.39 is 0 Å². The van der Waals surface area contributed by atoms with E-state index in [2.05, 4.69) is 17.2 Å². The average Bonchev–Trinajstić information content (AvgIpc) is 3.23. The summed E-state index contributed by atoms with van der Waals surface area (Å²) in [7, 11) is 0. The Balaban J connectivity index is 1.73. The standard InChI is InChI=1S/C21H17ClN2O3S/c1-2-10-27-16-6-3-5-15(13-16)23-20(25)14-8-9-17(22)18(12-14)24-21(26)19-7-4-11-28-19/h2-9,11-13H,1,10H2,(H,23,25)(H,24,26). The molecule has 142 valence electrons. The highest BCUT2D eigenvalue weighted by atomic mass is 35.5. The van der Waals surface area contributed by atoms with Gasteiger partial charge >= 0.3 is 0 Å². The molecule has 2 amide bonds. The molecule has 0 bridgehead atoms. The van der Waals surface area contributed by atoms with Crippen LogP contribution < -0.4 is 15.4 Å². The molecule has 0 aliphatic carbocycles. The maximum atomic E-state index is 12.6. The van der Waals surface area contributed by atoms with Crippen LogP contribution in [0.15, 0.2) is 72.6 Å². The Morgan fingerprint density at radius 3 is 2.68 bits per heavy atom. The quantitative estimate of drug-likeness (QED) is 0.505. The highest BCUT2D eigenvalue weighted by Gasteiger charge is 2.13. The molecule has 5 nitrogen and oxygen atoms in total. The Morgan fingerprint density at radius 1 is 1.07 bits per heavy atom. The zero-order valence-electron chi connectivity index (χ0n) is 14.8. The molecule has 0 saturated carbocycles. The van der Waals surface area contributed by atoms with Crippen LogP contribution in [0.1, 0.15) is 20.0 Å². The minimum absolute atomic E-state index is 0.276. The third kappa shape index (κ3) is 5.00. The van der Waals surface area contributed by atoms with E-state index in [4.69, 9.17) is 16.3 Å². The first-order chi connectivity index (χ1) is 13.6. The number of hydrogen-bond acceptors (Lipinski definition) is 4. The number of nitrogens with one attached hydrogen (secondary N) is 2. The summed E-state index contributed by atoms with van der Waals surface area (Å²) < 4.78 is 5.46. The van der Waals surface area contributed by atoms with Gasteiger partial charge in [-0.15, -0.1) is 11.3 Å². The smallest absolute Gasteiger partial charge is 0.265 e. The zero-order valence-corrected chi connectivity index (χ0v) is 16.3. The van der Waals surface area contributed by atoms with Crippen LogP contribution in [0.3, 0.4) is 0 Å². The maximum absolute atomic E-state index is 12.6. The molecule has 0 unspecified atom stereocenters. The van der Waals surface area contributed by atoms with Crippen molar-refractivity contribution >= 4 is 46.1 Å². The molecule has 3 rings (SSSR count). The van der Waals surface area contributed by atoms with Crippen LogP contribution in [0.25, 0.3) is 0 Å². The van der Waals surface area contributed by atoms with Gasteiger partial charge < -0.3 is 15.4 Å². The topological polar surface area (TPSA) is 67.4 Å². The number of ether oxygens (including phenoxy) is 1. The molecule has 0 fully saturated rings. The molecule has 0 spiro atoms. The van der Waals surface area contributed by atoms with Crippen LogP contribution >= 0.6 is 22.9 Å². The number of amides is 2. The van der Waals surface area contributed by atoms with E-state index in [0.717, 1.165) is 0 Å². The van der Waals surface area contributed by atoms with Crippen molar-refractivity contribution in [3.63, 3.8) is 0 Å². The largest absolute Gasteiger partial charge is 0.489 e. The van der Waals surface area contributed by atoms with E-state index in [1.807, 2.05) is 5.38 Å². The molecule has 0 radical (unpaired) electrons. The van der Waals surface area contributed by atoms with Crippen LogP contribution in [0.5, 0.6) is 5.75 Å². The number of benzene rings is 2. The van der Waals surface area contributed by atoms with Crippen LogP contribution in [0, 0.1) is 0 Å². The Hall–Kier alpha value is -3.09. The van der Waals surface area contributed by atoms with Crippen LogP contribution in [0.4, 0.5) is 11.4 Å². The van der Waals surface area contributed by atoms with Crippen LogP contribution in [0.2, 0.25) is 5.02 Å². The summed E-state index contributed by atoms with van der Waals surface area (Å²) in [4.78, 5) is 25.4. The minimum Gasteiger partial charge on any atom is -0.489 e. The van der Waals surface area contributed by atoms with Crippen LogP contribution in [-0.2, 0) is 0 Å². The van der Waals surface area contributed by atoms with Crippen molar-refractivity contribution in [3.05, 3.63) is 88.1 Å². The molecule has 2 aromatic carbocycles. The van der Waals surface area contributed by atoms with Gasteiger partial charge in [0.25, 0.3) is 11.8 Å². The lowest BCUT2D eigenvalue weighted by Gasteiger charge is -2.11. The van der Waals surface area contributed by atoms with Gasteiger partial charge in [-0.25, -0.2) is 0 Å². The summed E-state index contributed by atoms with van der Waals surface area (Å²) in [6.45, 7) is 3.98. The molecule has 28 heavy (non-hydrogen) atoms. The van der Waals surface area contributed by atoms with Crippen molar-refractivity contribution in [2.24, 2.45) is 0 Å². The Labute approximate surface area is 171 Å². The fourth-order valence-corrected chi connectivity index (χ4v) is 3.16. The van der Waals surface area contributed by atoms with E-state index in [0.29, 0.717) is 39.2 Å². The van der Waals surface area contributed by atoms with E-state index in [-0.39, 0.29) is 11.8 Å². The fraction of sp³-hybridized carbons (Fsp3) is 0.0476. The first kappa shape index (κ1) is 19.7. The number of carbonyl (C=O) groups is 2. The number of halogens is 1. The molecule has 0 atom stereocenters. The van der Waals surface area contributed by atoms with Gasteiger partial charge in [-0.1, -0.05) is 36.4 Å². The van der Waals surface area contributed by atoms with Gasteiger partial charge in [-0.3, -0.25) is 9.59 Å². The molecule has 7 heteroatoms. The minimum atomic E-state index is -0.329. The van der Waals surface area contributed by atoms with Gasteiger partial charge in [0.05, 0.1) is 15.6 Å². The first-order valence-electron chi connectivity index (χ1n) is 8.36. The Kier molecular flexibility index (Phi) is 6.47. The highest BCUT2D eigenvalue weighted by Crippen LogP contribution is 2.25. The van der Waals surface area contributed by atoms with Crippen molar-refractivity contribution in [1.82, 2.24) is 0 Å². The maximum Gasteiger partial charge on any atom is 0.265 e. The summed E-state index contributed by atoms with van der Waals surface area (Å²) in [5.74, 6) is 0.0170. The average molecular weight is 413 g/mol. The van der Waals surface area contributed by atoms with Crippen molar-refractivity contribution < 1.29 is 14.3 Å². The van der Waals surface area contributed by atoms with Crippen molar-refractivity contribution in [2.75, 3.05) is 17.2 Å². The highest BCUT2D eigenvalue weighted by molar-refractivity contribution is 7.12. The summed E-state index contributed by atoms with van der Waals surface area (Å²) >= 11 is 7.49. The monoisotopic (exact) mass is 412 g/mol. The summed E-state index contributed by atoms with van der Waals surface area (Å²) in [6, 6.07) is 15.3. The van der Waals surface area contributed by atoms with Crippen LogP contribution in [-0.4, -0.2) is 18.4 Å². The van der Waals surface area contributed by atoms with Gasteiger partial charge in [-0.05, 0) is 41.8 Å². The summed E-state index contributed by atoms with van der Waals surface area (Å²) in [6.07, 6.45) is 1.64. The van der Waals surface area contributed by atoms with Crippen molar-refractivity contribution in [3.8, 4) is 5.75 Å². The number of hydrogen-bond donors (Lipinski definition) is 2. The number of carbonyl (C=O) groups excluding carboxylic acids is 2. The normalized spacial score (nSPS) is 10.2. The SMILES string of the molecule is C=CCOc1cccc(NC(=O)c2ccc(Cl)c(NC(=O)c3cccs3)c2)c1. The van der Waals surface area contributed by atoms with Crippen molar-refractivity contribution in [2.45, 2.75) is 0 Å². The molecule has 0 aliphatic rings. The molecule has 2 N–H and O–H groups in total. The lowest BCUT2D eigenvalue weighted by atomic mass is 10.1. The third-order valence-electron chi connectivity index (χ3n) is 3.68. The lowest BCUT2D eigenvalue weighted by molar-refractivity contribution is 0.101. The molecule has 0 saturated heterocycles. The van der Waals surface area contributed by atoms with Gasteiger partial charge in [0, 0.05) is 17.3 Å². The lowest BCUT2D eigenvalue weighted by Crippen LogP contribution is -2.14. The molecular formula is C21H17ClN2O3S. The second-order valence-corrected chi connectivity index (χ2v) is 7.06. The number of thiophene rings is 1. The van der Waals surface area contributed by atoms with E-state index in [9.17, 15) is 9.59 Å². The predicted molar refractivity (Wildman–Crippen MR) is 114 cm³/mol. The molecule has 1 aromatic heterocycles. The van der Waals surface area contributed by atoms with Gasteiger partial charge in [0.15, 0.2) is 0 Å². The molecule has 0 aliphatic heterocycles. The Morgan fingerprint density at radius 2 is 1.93 bits per heavy atom. The van der Waals surface area contributed by atoms with Gasteiger partial charge in [0.1, 0.15) is 12.4 Å². The number of anilines is 2. The van der Waals surface area contributed by atoms with E-state index in [1.54, 1.807) is 60.7 Å². The predicted octanol–water partition coefficient (Wildman–Crippen LogP) is 5.47.